The van der Waals surface area contributed by atoms with Crippen LogP contribution in [0, 0.1) is 0 Å². The molecule has 2 N–H and O–H groups in total. The number of rotatable bonds is 3. The van der Waals surface area contributed by atoms with E-state index in [2.05, 4.69) is 10.1 Å². The van der Waals surface area contributed by atoms with Gasteiger partial charge in [0.25, 0.3) is 0 Å². The fourth-order valence-corrected chi connectivity index (χ4v) is 3.79. The third-order valence-electron chi connectivity index (χ3n) is 5.27. The fraction of sp³-hybridized carbons (Fsp3) is 0.455. The van der Waals surface area contributed by atoms with Gasteiger partial charge in [0.2, 0.25) is 5.88 Å². The van der Waals surface area contributed by atoms with Gasteiger partial charge in [-0.15, -0.1) is 0 Å². The Bertz CT molecular complexity index is 1090. The van der Waals surface area contributed by atoms with Gasteiger partial charge in [0.05, 0.1) is 19.0 Å². The Morgan fingerprint density at radius 1 is 1.26 bits per heavy atom. The van der Waals surface area contributed by atoms with Crippen molar-refractivity contribution in [1.82, 2.24) is 24.5 Å². The van der Waals surface area contributed by atoms with Crippen LogP contribution < -0.4 is 10.5 Å². The van der Waals surface area contributed by atoms with Crippen molar-refractivity contribution < 1.29 is 14.3 Å². The molecule has 0 aliphatic carbocycles. The lowest BCUT2D eigenvalue weighted by Crippen LogP contribution is -2.42. The molecule has 1 amide bonds. The number of ether oxygens (including phenoxy) is 2. The number of carbonyl (C=O) groups is 1. The summed E-state index contributed by atoms with van der Waals surface area (Å²) in [5.74, 6) is 1.12. The third kappa shape index (κ3) is 4.40. The summed E-state index contributed by atoms with van der Waals surface area (Å²) in [5, 5.41) is 4.39. The summed E-state index contributed by atoms with van der Waals surface area (Å²) in [6.45, 7) is 6.84. The van der Waals surface area contributed by atoms with Crippen LogP contribution in [0.15, 0.2) is 30.6 Å². The van der Waals surface area contributed by atoms with E-state index in [9.17, 15) is 4.79 Å². The number of amides is 1. The molecule has 1 unspecified atom stereocenters. The Morgan fingerprint density at radius 2 is 2.06 bits per heavy atom. The van der Waals surface area contributed by atoms with Crippen molar-refractivity contribution in [3.8, 4) is 17.0 Å². The minimum Gasteiger partial charge on any atom is -0.481 e. The largest absolute Gasteiger partial charge is 0.481 e. The van der Waals surface area contributed by atoms with Crippen molar-refractivity contribution in [1.29, 1.82) is 0 Å². The summed E-state index contributed by atoms with van der Waals surface area (Å²) in [5.41, 5.74) is 9.00. The van der Waals surface area contributed by atoms with Crippen LogP contribution in [0.25, 0.3) is 16.8 Å². The highest BCUT2D eigenvalue weighted by Gasteiger charge is 2.29. The predicted octanol–water partition coefficient (Wildman–Crippen LogP) is 3.50. The van der Waals surface area contributed by atoms with Crippen molar-refractivity contribution in [2.45, 2.75) is 45.1 Å². The van der Waals surface area contributed by atoms with Gasteiger partial charge < -0.3 is 20.1 Å². The first kappa shape index (κ1) is 20.9. The number of likely N-dealkylation sites (tertiary alicyclic amines) is 1. The summed E-state index contributed by atoms with van der Waals surface area (Å²) < 4.78 is 12.3. The second kappa shape index (κ2) is 8.05. The third-order valence-corrected chi connectivity index (χ3v) is 5.27. The van der Waals surface area contributed by atoms with Crippen LogP contribution in [-0.2, 0) is 4.74 Å². The normalized spacial score (nSPS) is 17.0. The van der Waals surface area contributed by atoms with Gasteiger partial charge in [-0.3, -0.25) is 0 Å². The Kier molecular flexibility index (Phi) is 5.43. The zero-order valence-electron chi connectivity index (χ0n) is 18.3. The van der Waals surface area contributed by atoms with Gasteiger partial charge in [0.1, 0.15) is 11.4 Å². The molecular weight excluding hydrogens is 396 g/mol. The maximum absolute atomic E-state index is 12.5. The quantitative estimate of drug-likeness (QED) is 0.685. The standard InChI is InChI=1S/C22H28N6O3/c1-22(2,3)31-21(29)27-9-5-6-15(13-27)17-10-18(23)28-20(26-17)16(12-25-28)14-7-8-19(30-4)24-11-14/h7-8,10-12,15H,5-6,9,13,23H2,1-4H3. The average Bonchev–Trinajstić information content (AvgIpc) is 3.17. The Morgan fingerprint density at radius 3 is 2.74 bits per heavy atom. The molecule has 164 valence electrons. The van der Waals surface area contributed by atoms with E-state index in [1.807, 2.05) is 32.9 Å². The lowest BCUT2D eigenvalue weighted by Gasteiger charge is -2.34. The number of carbonyl (C=O) groups excluding carboxylic acids is 1. The number of nitrogen functional groups attached to an aromatic ring is 1. The van der Waals surface area contributed by atoms with Crippen molar-refractivity contribution in [2.75, 3.05) is 25.9 Å². The minimum absolute atomic E-state index is 0.0744. The highest BCUT2D eigenvalue weighted by atomic mass is 16.6. The van der Waals surface area contributed by atoms with Gasteiger partial charge in [0, 0.05) is 48.5 Å². The number of fused-ring (bicyclic) bond motifs is 1. The van der Waals surface area contributed by atoms with E-state index < -0.39 is 5.60 Å². The maximum Gasteiger partial charge on any atom is 0.410 e. The molecule has 1 aliphatic heterocycles. The molecule has 0 radical (unpaired) electrons. The fourth-order valence-electron chi connectivity index (χ4n) is 3.79. The van der Waals surface area contributed by atoms with Crippen molar-refractivity contribution >= 4 is 17.6 Å². The smallest absolute Gasteiger partial charge is 0.410 e. The number of methoxy groups -OCH3 is 1. The van der Waals surface area contributed by atoms with Crippen molar-refractivity contribution in [2.24, 2.45) is 0 Å². The van der Waals surface area contributed by atoms with Crippen LogP contribution >= 0.6 is 0 Å². The van der Waals surface area contributed by atoms with E-state index in [1.165, 1.54) is 0 Å². The van der Waals surface area contributed by atoms with Crippen LogP contribution in [-0.4, -0.2) is 56.4 Å². The van der Waals surface area contributed by atoms with Crippen LogP contribution in [0.3, 0.4) is 0 Å². The van der Waals surface area contributed by atoms with E-state index in [0.717, 1.165) is 29.7 Å². The van der Waals surface area contributed by atoms with Gasteiger partial charge in [-0.2, -0.15) is 9.61 Å². The monoisotopic (exact) mass is 424 g/mol. The van der Waals surface area contributed by atoms with Crippen molar-refractivity contribution in [3.63, 3.8) is 0 Å². The van der Waals surface area contributed by atoms with Gasteiger partial charge in [-0.05, 0) is 39.7 Å². The molecule has 0 spiro atoms. The molecule has 31 heavy (non-hydrogen) atoms. The highest BCUT2D eigenvalue weighted by Crippen LogP contribution is 2.31. The lowest BCUT2D eigenvalue weighted by atomic mass is 9.94. The van der Waals surface area contributed by atoms with Crippen LogP contribution in [0.1, 0.15) is 45.2 Å². The summed E-state index contributed by atoms with van der Waals surface area (Å²) >= 11 is 0. The average molecular weight is 425 g/mol. The molecule has 0 saturated carbocycles. The number of piperidine rings is 1. The van der Waals surface area contributed by atoms with Crippen LogP contribution in [0.2, 0.25) is 0 Å². The van der Waals surface area contributed by atoms with E-state index in [4.69, 9.17) is 20.2 Å². The van der Waals surface area contributed by atoms with E-state index in [0.29, 0.717) is 30.4 Å². The van der Waals surface area contributed by atoms with Crippen LogP contribution in [0.5, 0.6) is 5.88 Å². The number of anilines is 1. The first-order valence-electron chi connectivity index (χ1n) is 10.4. The van der Waals surface area contributed by atoms with Crippen LogP contribution in [0.4, 0.5) is 10.6 Å². The SMILES string of the molecule is COc1ccc(-c2cnn3c(N)cc(C4CCCN(C(=O)OC(C)(C)C)C4)nc23)cn1. The molecule has 4 heterocycles. The topological polar surface area (TPSA) is 108 Å². The Hall–Kier alpha value is -3.36. The van der Waals surface area contributed by atoms with Gasteiger partial charge >= 0.3 is 6.09 Å². The van der Waals surface area contributed by atoms with Gasteiger partial charge in [0.15, 0.2) is 5.65 Å². The second-order valence-electron chi connectivity index (χ2n) is 8.75. The first-order valence-corrected chi connectivity index (χ1v) is 10.4. The summed E-state index contributed by atoms with van der Waals surface area (Å²) in [4.78, 5) is 23.5. The number of nitrogens with two attached hydrogens (primary N) is 1. The predicted molar refractivity (Wildman–Crippen MR) is 117 cm³/mol. The molecule has 1 aliphatic rings. The van der Waals surface area contributed by atoms with E-state index in [-0.39, 0.29) is 12.0 Å². The van der Waals surface area contributed by atoms with Gasteiger partial charge in [-0.1, -0.05) is 0 Å². The number of hydrogen-bond acceptors (Lipinski definition) is 7. The lowest BCUT2D eigenvalue weighted by molar-refractivity contribution is 0.0197. The molecule has 0 bridgehead atoms. The number of nitrogens with zero attached hydrogens (tertiary/aromatic N) is 5. The Balaban J connectivity index is 1.64. The zero-order chi connectivity index (χ0) is 22.2. The van der Waals surface area contributed by atoms with Crippen molar-refractivity contribution in [3.05, 3.63) is 36.3 Å². The number of aromatic nitrogens is 4. The summed E-state index contributed by atoms with van der Waals surface area (Å²) in [7, 11) is 1.58. The molecule has 0 aromatic carbocycles. The minimum atomic E-state index is -0.523. The second-order valence-corrected chi connectivity index (χ2v) is 8.75. The molecule has 1 saturated heterocycles. The molecule has 9 nitrogen and oxygen atoms in total. The molecule has 4 rings (SSSR count). The first-order chi connectivity index (χ1) is 14.7. The van der Waals surface area contributed by atoms with E-state index in [1.54, 1.807) is 35.0 Å². The highest BCUT2D eigenvalue weighted by molar-refractivity contribution is 5.77. The Labute approximate surface area is 181 Å². The number of hydrogen-bond donors (Lipinski definition) is 1. The summed E-state index contributed by atoms with van der Waals surface area (Å²) in [6.07, 6.45) is 4.98. The maximum atomic E-state index is 12.5. The van der Waals surface area contributed by atoms with E-state index >= 15 is 0 Å². The molecule has 3 aromatic heterocycles. The molecule has 9 heteroatoms. The molecular formula is C22H28N6O3. The molecule has 1 fully saturated rings. The zero-order valence-corrected chi connectivity index (χ0v) is 18.3. The number of pyridine rings is 1. The summed E-state index contributed by atoms with van der Waals surface area (Å²) in [6, 6.07) is 5.56. The molecule has 1 atom stereocenters. The van der Waals surface area contributed by atoms with Gasteiger partial charge in [-0.25, -0.2) is 14.8 Å². The molecule has 3 aromatic rings.